The summed E-state index contributed by atoms with van der Waals surface area (Å²) in [6.45, 7) is 9.65. The van der Waals surface area contributed by atoms with Gasteiger partial charge in [-0.25, -0.2) is 0 Å². The average molecular weight is 319 g/mol. The number of hydrogen-bond donors (Lipinski definition) is 0. The van der Waals surface area contributed by atoms with E-state index in [9.17, 15) is 0 Å². The van der Waals surface area contributed by atoms with Crippen LogP contribution in [-0.2, 0) is 12.8 Å². The first kappa shape index (κ1) is 15.0. The van der Waals surface area contributed by atoms with Crippen LogP contribution in [0.3, 0.4) is 0 Å². The summed E-state index contributed by atoms with van der Waals surface area (Å²) in [5, 5.41) is 3.44. The van der Waals surface area contributed by atoms with Crippen LogP contribution in [0.4, 0.5) is 0 Å². The normalized spacial score (nSPS) is 17.2. The van der Waals surface area contributed by atoms with E-state index in [1.807, 2.05) is 0 Å². The number of benzene rings is 2. The topological polar surface area (TPSA) is 0 Å². The van der Waals surface area contributed by atoms with E-state index in [4.69, 9.17) is 0 Å². The van der Waals surface area contributed by atoms with Gasteiger partial charge in [-0.3, -0.25) is 0 Å². The summed E-state index contributed by atoms with van der Waals surface area (Å²) in [6, 6.07) is 14.2. The molecule has 1 heterocycles. The van der Waals surface area contributed by atoms with Crippen LogP contribution in [0.5, 0.6) is 0 Å². The number of aryl methyl sites for hydroxylation is 1. The van der Waals surface area contributed by atoms with Gasteiger partial charge in [-0.1, -0.05) is 75.3 Å². The lowest BCUT2D eigenvalue weighted by Crippen LogP contribution is -2.39. The summed E-state index contributed by atoms with van der Waals surface area (Å²) in [4.78, 5) is 0. The summed E-state index contributed by atoms with van der Waals surface area (Å²) in [7, 11) is -1.51. The highest BCUT2D eigenvalue weighted by molar-refractivity contribution is 7.07. The molecule has 2 bridgehead atoms. The number of fused-ring (bicyclic) bond motifs is 1. The Hall–Kier alpha value is -1.60. The van der Waals surface area contributed by atoms with Crippen molar-refractivity contribution in [2.75, 3.05) is 0 Å². The minimum atomic E-state index is -1.51. The molecule has 1 heteroatoms. The second kappa shape index (κ2) is 5.21. The molecule has 0 spiro atoms. The van der Waals surface area contributed by atoms with Crippen molar-refractivity contribution in [3.05, 3.63) is 58.7 Å². The molecule has 0 atom stereocenters. The van der Waals surface area contributed by atoms with Crippen LogP contribution in [0.2, 0.25) is 13.1 Å². The molecular formula is C22H26Si. The lowest BCUT2D eigenvalue weighted by Gasteiger charge is -2.22. The molecule has 0 saturated carbocycles. The Kier molecular flexibility index (Phi) is 3.38. The number of hydrogen-bond acceptors (Lipinski definition) is 0. The van der Waals surface area contributed by atoms with Crippen molar-refractivity contribution in [2.45, 2.75) is 52.6 Å². The van der Waals surface area contributed by atoms with E-state index in [1.54, 1.807) is 32.6 Å². The molecule has 0 amide bonds. The lowest BCUT2D eigenvalue weighted by atomic mass is 9.96. The first-order valence-electron chi connectivity index (χ1n) is 9.06. The molecule has 1 aliphatic carbocycles. The summed E-state index contributed by atoms with van der Waals surface area (Å²) < 4.78 is 0. The fourth-order valence-electron chi connectivity index (χ4n) is 4.71. The summed E-state index contributed by atoms with van der Waals surface area (Å²) >= 11 is 0. The highest BCUT2D eigenvalue weighted by atomic mass is 28.3. The Balaban J connectivity index is 1.95. The highest BCUT2D eigenvalue weighted by Crippen LogP contribution is 2.50. The molecule has 118 valence electrons. The van der Waals surface area contributed by atoms with Crippen molar-refractivity contribution in [2.24, 2.45) is 0 Å². The molecule has 0 radical (unpaired) electrons. The van der Waals surface area contributed by atoms with E-state index in [2.05, 4.69) is 63.3 Å². The fraction of sp³-hybridized carbons (Fsp3) is 0.364. The molecule has 0 saturated heterocycles. The third-order valence-corrected chi connectivity index (χ3v) is 9.42. The highest BCUT2D eigenvalue weighted by Gasteiger charge is 2.45. The molecule has 0 N–H and O–H groups in total. The lowest BCUT2D eigenvalue weighted by molar-refractivity contribution is 0.885. The Morgan fingerprint density at radius 1 is 0.913 bits per heavy atom. The Labute approximate surface area is 141 Å². The smallest absolute Gasteiger partial charge is 0.0655 e. The molecule has 23 heavy (non-hydrogen) atoms. The van der Waals surface area contributed by atoms with Crippen molar-refractivity contribution in [1.82, 2.24) is 0 Å². The first-order chi connectivity index (χ1) is 11.1. The van der Waals surface area contributed by atoms with Gasteiger partial charge in [-0.15, -0.1) is 0 Å². The molecule has 0 unspecified atom stereocenters. The molecule has 1 aliphatic heterocycles. The summed E-state index contributed by atoms with van der Waals surface area (Å²) in [5.74, 6) is 0. The van der Waals surface area contributed by atoms with E-state index in [0.717, 1.165) is 6.42 Å². The van der Waals surface area contributed by atoms with Crippen molar-refractivity contribution < 1.29 is 0 Å². The second-order valence-corrected chi connectivity index (χ2v) is 11.9. The van der Waals surface area contributed by atoms with Crippen molar-refractivity contribution in [3.8, 4) is 11.1 Å². The van der Waals surface area contributed by atoms with Gasteiger partial charge in [-0.05, 0) is 57.5 Å². The van der Waals surface area contributed by atoms with Crippen LogP contribution < -0.4 is 5.19 Å². The van der Waals surface area contributed by atoms with Gasteiger partial charge in [0.15, 0.2) is 0 Å². The van der Waals surface area contributed by atoms with Gasteiger partial charge in [-0.2, -0.15) is 0 Å². The largest absolute Gasteiger partial charge is 0.113 e. The number of allylic oxidation sites excluding steroid dienone is 1. The Morgan fingerprint density at radius 3 is 2.30 bits per heavy atom. The molecular weight excluding hydrogens is 292 g/mol. The standard InChI is InChI=1S/C22H26Si/c1-5-7-18-14-17-12-13-19-20(21(17)22(18)23(19,3)4)16-10-8-15(6-2)9-11-16/h8-13H,5-7,14H2,1-4H3. The zero-order valence-corrected chi connectivity index (χ0v) is 15.8. The molecule has 2 aromatic rings. The van der Waals surface area contributed by atoms with Crippen molar-refractivity contribution in [1.29, 1.82) is 0 Å². The molecule has 4 rings (SSSR count). The van der Waals surface area contributed by atoms with Crippen molar-refractivity contribution in [3.63, 3.8) is 0 Å². The van der Waals surface area contributed by atoms with Gasteiger partial charge >= 0.3 is 0 Å². The summed E-state index contributed by atoms with van der Waals surface area (Å²) in [6.07, 6.45) is 4.87. The quantitative estimate of drug-likeness (QED) is 0.654. The van der Waals surface area contributed by atoms with Crippen molar-refractivity contribution >= 4 is 18.5 Å². The van der Waals surface area contributed by atoms with E-state index >= 15 is 0 Å². The van der Waals surface area contributed by atoms with E-state index in [-0.39, 0.29) is 0 Å². The average Bonchev–Trinajstić information content (AvgIpc) is 2.99. The van der Waals surface area contributed by atoms with Crippen LogP contribution in [0.25, 0.3) is 16.3 Å². The molecule has 2 aliphatic rings. The first-order valence-corrected chi connectivity index (χ1v) is 12.1. The maximum Gasteiger partial charge on any atom is 0.113 e. The van der Waals surface area contributed by atoms with E-state index < -0.39 is 8.07 Å². The van der Waals surface area contributed by atoms with Gasteiger partial charge < -0.3 is 0 Å². The van der Waals surface area contributed by atoms with Crippen LogP contribution in [-0.4, -0.2) is 8.07 Å². The third-order valence-electron chi connectivity index (χ3n) is 5.80. The molecule has 2 aromatic carbocycles. The maximum absolute atomic E-state index is 2.55. The predicted molar refractivity (Wildman–Crippen MR) is 104 cm³/mol. The zero-order valence-electron chi connectivity index (χ0n) is 14.8. The Bertz CT molecular complexity index is 807. The van der Waals surface area contributed by atoms with Gasteiger partial charge in [0.25, 0.3) is 0 Å². The zero-order chi connectivity index (χ0) is 16.2. The SMILES string of the molecule is CCCC1=C2c3c(ccc(c3-c3ccc(CC)cc3)[Si]2(C)C)C1. The molecule has 0 aromatic heterocycles. The van der Waals surface area contributed by atoms with E-state index in [1.165, 1.54) is 30.4 Å². The van der Waals surface area contributed by atoms with Crippen LogP contribution >= 0.6 is 0 Å². The van der Waals surface area contributed by atoms with Gasteiger partial charge in [0.1, 0.15) is 8.07 Å². The minimum absolute atomic E-state index is 1.12. The van der Waals surface area contributed by atoms with E-state index in [0.29, 0.717) is 0 Å². The molecule has 0 nitrogen and oxygen atoms in total. The minimum Gasteiger partial charge on any atom is -0.0655 e. The maximum atomic E-state index is 2.55. The monoisotopic (exact) mass is 318 g/mol. The van der Waals surface area contributed by atoms with Gasteiger partial charge in [0.05, 0.1) is 0 Å². The van der Waals surface area contributed by atoms with Gasteiger partial charge in [0.2, 0.25) is 0 Å². The fourth-order valence-corrected chi connectivity index (χ4v) is 8.38. The predicted octanol–water partition coefficient (Wildman–Crippen LogP) is 5.49. The van der Waals surface area contributed by atoms with Crippen LogP contribution in [0.1, 0.15) is 43.4 Å². The van der Waals surface area contributed by atoms with Gasteiger partial charge in [0, 0.05) is 0 Å². The molecule has 0 fully saturated rings. The van der Waals surface area contributed by atoms with Crippen LogP contribution in [0.15, 0.2) is 42.0 Å². The number of rotatable bonds is 4. The third kappa shape index (κ3) is 2.02. The van der Waals surface area contributed by atoms with Crippen LogP contribution in [0, 0.1) is 0 Å². The Morgan fingerprint density at radius 2 is 1.65 bits per heavy atom. The second-order valence-electron chi connectivity index (χ2n) is 7.60. The summed E-state index contributed by atoms with van der Waals surface area (Å²) in [5.41, 5.74) is 9.40.